The van der Waals surface area contributed by atoms with E-state index >= 15 is 0 Å². The smallest absolute Gasteiger partial charge is 0.332 e. The Labute approximate surface area is 269 Å². The third-order valence-corrected chi connectivity index (χ3v) is 8.18. The highest BCUT2D eigenvalue weighted by Crippen LogP contribution is 2.44. The predicted molar refractivity (Wildman–Crippen MR) is 176 cm³/mol. The van der Waals surface area contributed by atoms with E-state index < -0.39 is 16.2 Å². The maximum atomic E-state index is 13.6. The molecule has 2 heterocycles. The standard InChI is InChI=1S/C35H25Cl2N5O3/c1-23-32(42(44)45)34(39-30-21-31(37)38-22-28(30)33(43)27-19-11-12-20-29(27)36)40-41(23)35(24-13-5-2-6-14-24,25-15-7-3-8-16-25)26-17-9-4-10-18-26/h2-22H,1H3,(H,38,39,40). The summed E-state index contributed by atoms with van der Waals surface area (Å²) in [5.41, 5.74) is 2.02. The summed E-state index contributed by atoms with van der Waals surface area (Å²) in [4.78, 5) is 30.0. The molecule has 0 bridgehead atoms. The van der Waals surface area contributed by atoms with Crippen LogP contribution in [0, 0.1) is 17.0 Å². The van der Waals surface area contributed by atoms with E-state index in [1.807, 2.05) is 91.0 Å². The van der Waals surface area contributed by atoms with Crippen molar-refractivity contribution >= 4 is 46.2 Å². The molecule has 0 aliphatic heterocycles. The first-order valence-electron chi connectivity index (χ1n) is 13.9. The average Bonchev–Trinajstić information content (AvgIpc) is 3.38. The molecule has 6 rings (SSSR count). The van der Waals surface area contributed by atoms with Crippen LogP contribution in [-0.4, -0.2) is 25.5 Å². The van der Waals surface area contributed by atoms with Gasteiger partial charge >= 0.3 is 5.69 Å². The number of rotatable bonds is 9. The molecule has 45 heavy (non-hydrogen) atoms. The first kappa shape index (κ1) is 29.7. The number of pyridine rings is 1. The zero-order valence-corrected chi connectivity index (χ0v) is 25.4. The first-order chi connectivity index (χ1) is 21.8. The molecule has 0 radical (unpaired) electrons. The second-order valence-electron chi connectivity index (χ2n) is 10.2. The fourth-order valence-corrected chi connectivity index (χ4v) is 6.04. The zero-order chi connectivity index (χ0) is 31.6. The molecule has 0 saturated carbocycles. The Morgan fingerprint density at radius 3 is 1.82 bits per heavy atom. The number of halogens is 2. The van der Waals surface area contributed by atoms with Crippen molar-refractivity contribution in [3.8, 4) is 0 Å². The zero-order valence-electron chi connectivity index (χ0n) is 23.9. The molecule has 222 valence electrons. The predicted octanol–water partition coefficient (Wildman–Crippen LogP) is 8.62. The molecule has 0 fully saturated rings. The van der Waals surface area contributed by atoms with Crippen molar-refractivity contribution in [3.63, 3.8) is 0 Å². The molecule has 10 heteroatoms. The van der Waals surface area contributed by atoms with Gasteiger partial charge in [-0.05, 0) is 41.8 Å². The number of ketones is 1. The second-order valence-corrected chi connectivity index (χ2v) is 11.0. The van der Waals surface area contributed by atoms with Crippen molar-refractivity contribution in [2.45, 2.75) is 12.5 Å². The fourth-order valence-electron chi connectivity index (χ4n) is 5.66. The SMILES string of the molecule is Cc1c([N+](=O)[O-])c(Nc2cc(Cl)ncc2C(=O)c2ccccc2Cl)nn1C(c1ccccc1)(c1ccccc1)c1ccccc1. The Morgan fingerprint density at radius 1 is 0.800 bits per heavy atom. The number of hydrogen-bond acceptors (Lipinski definition) is 6. The van der Waals surface area contributed by atoms with Crippen LogP contribution in [0.2, 0.25) is 10.2 Å². The molecule has 2 aromatic heterocycles. The van der Waals surface area contributed by atoms with Gasteiger partial charge in [0.05, 0.1) is 21.2 Å². The third-order valence-electron chi connectivity index (χ3n) is 7.65. The molecule has 8 nitrogen and oxygen atoms in total. The molecule has 0 saturated heterocycles. The van der Waals surface area contributed by atoms with E-state index in [0.29, 0.717) is 0 Å². The first-order valence-corrected chi connectivity index (χ1v) is 14.7. The van der Waals surface area contributed by atoms with Crippen LogP contribution >= 0.6 is 23.2 Å². The van der Waals surface area contributed by atoms with E-state index in [0.717, 1.165) is 16.7 Å². The lowest BCUT2D eigenvalue weighted by Gasteiger charge is -2.37. The molecule has 6 aromatic rings. The van der Waals surface area contributed by atoms with Crippen LogP contribution in [0.1, 0.15) is 38.3 Å². The summed E-state index contributed by atoms with van der Waals surface area (Å²) in [7, 11) is 0. The highest BCUT2D eigenvalue weighted by molar-refractivity contribution is 6.35. The van der Waals surface area contributed by atoms with Gasteiger partial charge in [-0.15, -0.1) is 5.10 Å². The maximum absolute atomic E-state index is 13.6. The number of nitrogens with one attached hydrogen (secondary N) is 1. The monoisotopic (exact) mass is 633 g/mol. The van der Waals surface area contributed by atoms with Crippen LogP contribution in [0.15, 0.2) is 128 Å². The number of carbonyl (C=O) groups is 1. The van der Waals surface area contributed by atoms with Crippen LogP contribution in [-0.2, 0) is 5.54 Å². The fraction of sp³-hybridized carbons (Fsp3) is 0.0571. The quantitative estimate of drug-likeness (QED) is 0.0562. The van der Waals surface area contributed by atoms with Crippen molar-refractivity contribution in [3.05, 3.63) is 181 Å². The summed E-state index contributed by atoms with van der Waals surface area (Å²) >= 11 is 12.6. The van der Waals surface area contributed by atoms with Crippen molar-refractivity contribution in [2.24, 2.45) is 0 Å². The number of nitrogens with zero attached hydrogens (tertiary/aromatic N) is 4. The van der Waals surface area contributed by atoms with Crippen LogP contribution in [0.3, 0.4) is 0 Å². The largest absolute Gasteiger partial charge is 0.334 e. The highest BCUT2D eigenvalue weighted by Gasteiger charge is 2.43. The molecular weight excluding hydrogens is 609 g/mol. The molecule has 0 spiro atoms. The van der Waals surface area contributed by atoms with Crippen LogP contribution in [0.4, 0.5) is 17.2 Å². The summed E-state index contributed by atoms with van der Waals surface area (Å²) in [6, 6.07) is 37.2. The van der Waals surface area contributed by atoms with Crippen molar-refractivity contribution in [1.82, 2.24) is 14.8 Å². The lowest BCUT2D eigenvalue weighted by molar-refractivity contribution is -0.384. The normalized spacial score (nSPS) is 11.3. The highest BCUT2D eigenvalue weighted by atomic mass is 35.5. The summed E-state index contributed by atoms with van der Waals surface area (Å²) in [6.45, 7) is 1.66. The molecule has 0 aliphatic rings. The topological polar surface area (TPSA) is 103 Å². The third kappa shape index (κ3) is 5.35. The molecule has 1 N–H and O–H groups in total. The van der Waals surface area contributed by atoms with Gasteiger partial charge in [-0.1, -0.05) is 126 Å². The number of aromatic nitrogens is 3. The van der Waals surface area contributed by atoms with E-state index in [4.69, 9.17) is 28.3 Å². The van der Waals surface area contributed by atoms with Gasteiger partial charge in [0.1, 0.15) is 16.4 Å². The molecule has 0 amide bonds. The lowest BCUT2D eigenvalue weighted by atomic mass is 9.77. The minimum absolute atomic E-state index is 0.0693. The van der Waals surface area contributed by atoms with Crippen LogP contribution in [0.25, 0.3) is 0 Å². The van der Waals surface area contributed by atoms with Gasteiger partial charge in [-0.25, -0.2) is 9.67 Å². The number of nitro groups is 1. The van der Waals surface area contributed by atoms with E-state index in [1.54, 1.807) is 35.9 Å². The second kappa shape index (κ2) is 12.4. The van der Waals surface area contributed by atoms with E-state index in [2.05, 4.69) is 10.3 Å². The van der Waals surface area contributed by atoms with E-state index in [1.165, 1.54) is 12.3 Å². The van der Waals surface area contributed by atoms with Crippen molar-refractivity contribution in [1.29, 1.82) is 0 Å². The minimum Gasteiger partial charge on any atom is -0.332 e. The van der Waals surface area contributed by atoms with E-state index in [9.17, 15) is 14.9 Å². The van der Waals surface area contributed by atoms with Crippen LogP contribution < -0.4 is 5.32 Å². The Bertz CT molecular complexity index is 1920. The van der Waals surface area contributed by atoms with E-state index in [-0.39, 0.29) is 44.2 Å². The maximum Gasteiger partial charge on any atom is 0.334 e. The molecule has 0 atom stereocenters. The number of anilines is 2. The molecule has 0 aliphatic carbocycles. The van der Waals surface area contributed by atoms with Gasteiger partial charge in [-0.2, -0.15) is 0 Å². The van der Waals surface area contributed by atoms with Gasteiger partial charge in [-0.3, -0.25) is 14.9 Å². The Hall–Kier alpha value is -5.31. The molecular formula is C35H25Cl2N5O3. The summed E-state index contributed by atoms with van der Waals surface area (Å²) in [6.07, 6.45) is 1.31. The van der Waals surface area contributed by atoms with Gasteiger partial charge in [0.25, 0.3) is 0 Å². The Morgan fingerprint density at radius 2 is 1.31 bits per heavy atom. The lowest BCUT2D eigenvalue weighted by Crippen LogP contribution is -2.39. The van der Waals surface area contributed by atoms with Crippen molar-refractivity contribution < 1.29 is 9.72 Å². The van der Waals surface area contributed by atoms with Crippen molar-refractivity contribution in [2.75, 3.05) is 5.32 Å². The number of hydrogen-bond donors (Lipinski definition) is 1. The number of benzene rings is 4. The summed E-state index contributed by atoms with van der Waals surface area (Å²) in [5.74, 6) is -0.501. The molecule has 0 unspecified atom stereocenters. The van der Waals surface area contributed by atoms with Gasteiger partial charge in [0.2, 0.25) is 5.82 Å². The molecule has 4 aromatic carbocycles. The van der Waals surface area contributed by atoms with Gasteiger partial charge in [0.15, 0.2) is 5.78 Å². The summed E-state index contributed by atoms with van der Waals surface area (Å²) in [5, 5.41) is 21.0. The van der Waals surface area contributed by atoms with Crippen LogP contribution in [0.5, 0.6) is 0 Å². The minimum atomic E-state index is -1.11. The Kier molecular flexibility index (Phi) is 8.17. The average molecular weight is 635 g/mol. The summed E-state index contributed by atoms with van der Waals surface area (Å²) < 4.78 is 1.67. The van der Waals surface area contributed by atoms with Gasteiger partial charge < -0.3 is 5.32 Å². The Balaban J connectivity index is 1.61. The van der Waals surface area contributed by atoms with Gasteiger partial charge in [0, 0.05) is 11.8 Å². The number of carbonyl (C=O) groups excluding carboxylic acids is 1.